The van der Waals surface area contributed by atoms with Crippen LogP contribution in [0.2, 0.25) is 0 Å². The molecule has 34 valence electrons. The molecule has 0 aliphatic heterocycles. The Hall–Kier alpha value is 0.180. The number of hydrogen-bond donors (Lipinski definition) is 0. The molecule has 1 nitrogen and oxygen atoms in total. The quantitative estimate of drug-likeness (QED) is 0.431. The van der Waals surface area contributed by atoms with Crippen LogP contribution >= 0.6 is 27.5 Å². The maximum absolute atomic E-state index is 9.69. The fourth-order valence-corrected chi connectivity index (χ4v) is 0.505. The molecule has 3 heteroatoms. The van der Waals surface area contributed by atoms with E-state index in [0.29, 0.717) is 0 Å². The molecule has 0 fully saturated rings. The fourth-order valence-electron chi connectivity index (χ4n) is 0.0495. The normalized spacial score (nSPS) is 9.67. The number of allylic oxidation sites excluding steroid dienone is 1. The zero-order valence-electron chi connectivity index (χ0n) is 2.82. The average molecular weight is 169 g/mol. The number of carbonyl (C=O) groups excluding carboxylic acids is 1. The second-order valence-electron chi connectivity index (χ2n) is 0.597. The van der Waals surface area contributed by atoms with E-state index < -0.39 is 5.24 Å². The second-order valence-corrected chi connectivity index (χ2v) is 1.50. The summed E-state index contributed by atoms with van der Waals surface area (Å²) in [4.78, 5) is 11.1. The van der Waals surface area contributed by atoms with Crippen molar-refractivity contribution in [1.29, 1.82) is 0 Å². The molecule has 0 bridgehead atoms. The Morgan fingerprint density at radius 3 is 2.33 bits per heavy atom. The van der Waals surface area contributed by atoms with E-state index in [1.54, 1.807) is 0 Å². The molecule has 0 atom stereocenters. The molecular weight excluding hydrogens is 167 g/mol. The van der Waals surface area contributed by atoms with Crippen molar-refractivity contribution in [2.45, 2.75) is 0 Å². The minimum Gasteiger partial charge on any atom is -0.276 e. The molecular formula is C3H2BrClO. The van der Waals surface area contributed by atoms with E-state index in [9.17, 15) is 4.79 Å². The monoisotopic (exact) mass is 168 g/mol. The van der Waals surface area contributed by atoms with Crippen LogP contribution in [0, 0.1) is 0 Å². The van der Waals surface area contributed by atoms with Crippen molar-refractivity contribution in [3.8, 4) is 0 Å². The summed E-state index contributed by atoms with van der Waals surface area (Å²) in [5, 5.41) is -0.466. The Morgan fingerprint density at radius 2 is 2.33 bits per heavy atom. The van der Waals surface area contributed by atoms with Crippen LogP contribution in [0.5, 0.6) is 0 Å². The summed E-state index contributed by atoms with van der Waals surface area (Å²) < 4.78 is 0. The van der Waals surface area contributed by atoms with E-state index in [4.69, 9.17) is 11.6 Å². The lowest BCUT2D eigenvalue weighted by molar-refractivity contribution is -0.107. The van der Waals surface area contributed by atoms with E-state index in [-0.39, 0.29) is 0 Å². The first-order valence-corrected chi connectivity index (χ1v) is 2.53. The fraction of sp³-hybridized carbons (Fsp3) is 0. The highest BCUT2D eigenvalue weighted by molar-refractivity contribution is 9.11. The lowest BCUT2D eigenvalue weighted by atomic mass is 10.7. The minimum absolute atomic E-state index is 0.466. The van der Waals surface area contributed by atoms with Crippen LogP contribution in [-0.2, 0) is 4.79 Å². The van der Waals surface area contributed by atoms with Gasteiger partial charge >= 0.3 is 0 Å². The summed E-state index contributed by atoms with van der Waals surface area (Å²) in [6, 6.07) is 0. The van der Waals surface area contributed by atoms with E-state index in [2.05, 4.69) is 15.9 Å². The van der Waals surface area contributed by atoms with Gasteiger partial charge in [0.2, 0.25) is 5.24 Å². The van der Waals surface area contributed by atoms with Crippen LogP contribution in [0.3, 0.4) is 0 Å². The highest BCUT2D eigenvalue weighted by Crippen LogP contribution is 1.85. The molecule has 0 aromatic carbocycles. The number of carbonyl (C=O) groups is 1. The Kier molecular flexibility index (Phi) is 3.47. The molecule has 0 aliphatic rings. The van der Waals surface area contributed by atoms with Crippen molar-refractivity contribution in [3.63, 3.8) is 0 Å². The molecule has 6 heavy (non-hydrogen) atoms. The third kappa shape index (κ3) is 4.18. The third-order valence-electron chi connectivity index (χ3n) is 0.194. The largest absolute Gasteiger partial charge is 0.276 e. The SMILES string of the molecule is O=C(Cl)/C=C/Br. The highest BCUT2D eigenvalue weighted by Gasteiger charge is 1.78. The molecule has 0 aliphatic carbocycles. The van der Waals surface area contributed by atoms with Crippen LogP contribution in [0.4, 0.5) is 0 Å². The standard InChI is InChI=1S/C3H2BrClO/c4-2-1-3(5)6/h1-2H/b2-1+. The van der Waals surface area contributed by atoms with Gasteiger partial charge in [-0.15, -0.1) is 0 Å². The highest BCUT2D eigenvalue weighted by atomic mass is 79.9. The molecule has 0 rings (SSSR count). The van der Waals surface area contributed by atoms with Crippen LogP contribution in [0.25, 0.3) is 0 Å². The van der Waals surface area contributed by atoms with Gasteiger partial charge in [0.25, 0.3) is 0 Å². The molecule has 0 radical (unpaired) electrons. The summed E-state index contributed by atoms with van der Waals surface area (Å²) in [7, 11) is 0. The summed E-state index contributed by atoms with van der Waals surface area (Å²) in [5.74, 6) is 0. The Morgan fingerprint density at radius 1 is 1.83 bits per heavy atom. The van der Waals surface area contributed by atoms with Gasteiger partial charge in [-0.1, -0.05) is 15.9 Å². The van der Waals surface area contributed by atoms with E-state index in [1.165, 1.54) is 11.1 Å². The minimum atomic E-state index is -0.466. The van der Waals surface area contributed by atoms with Gasteiger partial charge in [0.05, 0.1) is 0 Å². The van der Waals surface area contributed by atoms with Gasteiger partial charge in [-0.2, -0.15) is 0 Å². The topological polar surface area (TPSA) is 17.1 Å². The van der Waals surface area contributed by atoms with Gasteiger partial charge < -0.3 is 0 Å². The van der Waals surface area contributed by atoms with Crippen molar-refractivity contribution in [2.24, 2.45) is 0 Å². The van der Waals surface area contributed by atoms with Gasteiger partial charge in [-0.3, -0.25) is 4.79 Å². The summed E-state index contributed by atoms with van der Waals surface area (Å²) >= 11 is 7.69. The van der Waals surface area contributed by atoms with Crippen LogP contribution in [-0.4, -0.2) is 5.24 Å². The summed E-state index contributed by atoms with van der Waals surface area (Å²) in [6.07, 6.45) is 1.21. The van der Waals surface area contributed by atoms with E-state index in [1.807, 2.05) is 0 Å². The number of rotatable bonds is 1. The first-order chi connectivity index (χ1) is 2.77. The molecule has 0 saturated carbocycles. The van der Waals surface area contributed by atoms with Crippen LogP contribution in [0.15, 0.2) is 11.1 Å². The predicted octanol–water partition coefficient (Wildman–Crippen LogP) is 1.66. The molecule has 0 spiro atoms. The van der Waals surface area contributed by atoms with Gasteiger partial charge in [0.1, 0.15) is 0 Å². The Labute approximate surface area is 49.1 Å². The van der Waals surface area contributed by atoms with Crippen molar-refractivity contribution in [1.82, 2.24) is 0 Å². The van der Waals surface area contributed by atoms with Crippen molar-refractivity contribution >= 4 is 32.8 Å². The molecule has 0 aromatic heterocycles. The van der Waals surface area contributed by atoms with Crippen molar-refractivity contribution < 1.29 is 4.79 Å². The van der Waals surface area contributed by atoms with Gasteiger partial charge in [-0.05, 0) is 16.6 Å². The Bertz CT molecular complexity index is 78.9. The maximum Gasteiger partial charge on any atom is 0.245 e. The lowest BCUT2D eigenvalue weighted by Gasteiger charge is -1.63. The first-order valence-electron chi connectivity index (χ1n) is 1.23. The van der Waals surface area contributed by atoms with Crippen molar-refractivity contribution in [3.05, 3.63) is 11.1 Å². The molecule has 0 heterocycles. The third-order valence-corrected chi connectivity index (χ3v) is 0.584. The van der Waals surface area contributed by atoms with Gasteiger partial charge in [-0.25, -0.2) is 0 Å². The van der Waals surface area contributed by atoms with Crippen LogP contribution in [0.1, 0.15) is 0 Å². The van der Waals surface area contributed by atoms with Gasteiger partial charge in [0.15, 0.2) is 0 Å². The molecule has 0 N–H and O–H groups in total. The summed E-state index contributed by atoms with van der Waals surface area (Å²) in [5.41, 5.74) is 0. The molecule has 0 amide bonds. The zero-order valence-corrected chi connectivity index (χ0v) is 5.16. The molecule has 0 aromatic rings. The zero-order chi connectivity index (χ0) is 4.99. The van der Waals surface area contributed by atoms with E-state index in [0.717, 1.165) is 0 Å². The maximum atomic E-state index is 9.69. The predicted molar refractivity (Wildman–Crippen MR) is 28.9 cm³/mol. The van der Waals surface area contributed by atoms with Gasteiger partial charge in [0, 0.05) is 6.08 Å². The van der Waals surface area contributed by atoms with Crippen LogP contribution < -0.4 is 0 Å². The van der Waals surface area contributed by atoms with Crippen molar-refractivity contribution in [2.75, 3.05) is 0 Å². The first kappa shape index (κ1) is 6.18. The number of hydrogen-bond acceptors (Lipinski definition) is 1. The number of halogens is 2. The second kappa shape index (κ2) is 3.37. The molecule has 0 saturated heterocycles. The molecule has 0 unspecified atom stereocenters. The lowest BCUT2D eigenvalue weighted by Crippen LogP contribution is -1.69. The Balaban J connectivity index is 3.30. The average Bonchev–Trinajstić information content (AvgIpc) is 1.35. The smallest absolute Gasteiger partial charge is 0.245 e. The van der Waals surface area contributed by atoms with E-state index >= 15 is 0 Å². The summed E-state index contributed by atoms with van der Waals surface area (Å²) in [6.45, 7) is 0.